The smallest absolute Gasteiger partial charge is 0.314 e. The average molecular weight is 246 g/mol. The number of phenols is 1. The van der Waals surface area contributed by atoms with Crippen LogP contribution in [0.15, 0.2) is 18.2 Å². The Morgan fingerprint density at radius 1 is 1.56 bits per heavy atom. The van der Waals surface area contributed by atoms with E-state index in [1.54, 1.807) is 19.1 Å². The third-order valence-corrected chi connectivity index (χ3v) is 2.24. The molecule has 0 saturated carbocycles. The van der Waals surface area contributed by atoms with Gasteiger partial charge < -0.3 is 15.6 Å². The predicted molar refractivity (Wildman–Crippen MR) is 64.9 cm³/mol. The molecule has 0 amide bonds. The first kappa shape index (κ1) is 14.6. The number of hydrogen-bond acceptors (Lipinski definition) is 4. The molecular formula is C11H16ClNO3. The summed E-state index contributed by atoms with van der Waals surface area (Å²) in [4.78, 5) is 11.5. The molecule has 5 heteroatoms. The van der Waals surface area contributed by atoms with Crippen molar-refractivity contribution in [2.75, 3.05) is 5.73 Å². The number of carbonyl (C=O) groups is 1. The van der Waals surface area contributed by atoms with Crippen molar-refractivity contribution in [3.63, 3.8) is 0 Å². The van der Waals surface area contributed by atoms with Crippen molar-refractivity contribution in [2.24, 2.45) is 5.92 Å². The molecule has 0 unspecified atom stereocenters. The SMILES string of the molecule is CC[C@H](C)C(=O)Oc1c(N)cccc1O.Cl. The highest BCUT2D eigenvalue weighted by atomic mass is 35.5. The first-order valence-electron chi connectivity index (χ1n) is 4.85. The van der Waals surface area contributed by atoms with Crippen molar-refractivity contribution in [1.29, 1.82) is 0 Å². The van der Waals surface area contributed by atoms with Crippen LogP contribution in [0.1, 0.15) is 20.3 Å². The fraction of sp³-hybridized carbons (Fsp3) is 0.364. The largest absolute Gasteiger partial charge is 0.504 e. The number of hydrogen-bond donors (Lipinski definition) is 2. The van der Waals surface area contributed by atoms with Gasteiger partial charge >= 0.3 is 5.97 Å². The lowest BCUT2D eigenvalue weighted by Crippen LogP contribution is -2.17. The Kier molecular flexibility index (Phi) is 5.67. The van der Waals surface area contributed by atoms with E-state index in [9.17, 15) is 9.90 Å². The fourth-order valence-corrected chi connectivity index (χ4v) is 1.02. The van der Waals surface area contributed by atoms with Crippen LogP contribution < -0.4 is 10.5 Å². The van der Waals surface area contributed by atoms with Crippen LogP contribution in [0.3, 0.4) is 0 Å². The van der Waals surface area contributed by atoms with Gasteiger partial charge in [-0.2, -0.15) is 0 Å². The van der Waals surface area contributed by atoms with Crippen LogP contribution in [-0.4, -0.2) is 11.1 Å². The van der Waals surface area contributed by atoms with E-state index in [1.165, 1.54) is 6.07 Å². The van der Waals surface area contributed by atoms with Gasteiger partial charge in [-0.05, 0) is 18.6 Å². The Bertz CT molecular complexity index is 348. The molecule has 0 bridgehead atoms. The molecule has 0 aliphatic rings. The Morgan fingerprint density at radius 3 is 2.69 bits per heavy atom. The average Bonchev–Trinajstić information content (AvgIpc) is 2.22. The van der Waals surface area contributed by atoms with E-state index in [4.69, 9.17) is 10.5 Å². The third-order valence-electron chi connectivity index (χ3n) is 2.24. The molecule has 16 heavy (non-hydrogen) atoms. The van der Waals surface area contributed by atoms with Crippen LogP contribution >= 0.6 is 12.4 Å². The molecule has 1 atom stereocenters. The molecule has 90 valence electrons. The number of rotatable bonds is 3. The zero-order chi connectivity index (χ0) is 11.4. The molecule has 4 nitrogen and oxygen atoms in total. The summed E-state index contributed by atoms with van der Waals surface area (Å²) in [6.07, 6.45) is 0.687. The molecule has 0 spiro atoms. The second-order valence-electron chi connectivity index (χ2n) is 3.43. The second-order valence-corrected chi connectivity index (χ2v) is 3.43. The third kappa shape index (κ3) is 3.31. The predicted octanol–water partition coefficient (Wildman–Crippen LogP) is 2.35. The van der Waals surface area contributed by atoms with Crippen molar-refractivity contribution in [3.8, 4) is 11.5 Å². The molecule has 1 rings (SSSR count). The van der Waals surface area contributed by atoms with E-state index in [-0.39, 0.29) is 41.5 Å². The number of nitrogen functional groups attached to an aromatic ring is 1. The number of phenolic OH excluding ortho intramolecular Hbond substituents is 1. The second kappa shape index (κ2) is 6.23. The summed E-state index contributed by atoms with van der Waals surface area (Å²) in [5, 5.41) is 9.44. The first-order chi connectivity index (χ1) is 7.06. The zero-order valence-corrected chi connectivity index (χ0v) is 10.1. The van der Waals surface area contributed by atoms with Crippen LogP contribution in [0.4, 0.5) is 5.69 Å². The fourth-order valence-electron chi connectivity index (χ4n) is 1.02. The molecule has 1 aromatic carbocycles. The number of para-hydroxylation sites is 1. The number of esters is 1. The molecule has 0 radical (unpaired) electrons. The summed E-state index contributed by atoms with van der Waals surface area (Å²) in [6, 6.07) is 4.58. The van der Waals surface area contributed by atoms with Gasteiger partial charge in [0, 0.05) is 0 Å². The van der Waals surface area contributed by atoms with E-state index < -0.39 is 0 Å². The topological polar surface area (TPSA) is 72.5 Å². The number of halogens is 1. The lowest BCUT2D eigenvalue weighted by molar-refractivity contribution is -0.138. The summed E-state index contributed by atoms with van der Waals surface area (Å²) in [5.41, 5.74) is 5.83. The van der Waals surface area contributed by atoms with E-state index >= 15 is 0 Å². The molecule has 0 aliphatic carbocycles. The van der Waals surface area contributed by atoms with Crippen LogP contribution in [0, 0.1) is 5.92 Å². The van der Waals surface area contributed by atoms with Gasteiger partial charge in [-0.25, -0.2) is 0 Å². The van der Waals surface area contributed by atoms with E-state index in [0.29, 0.717) is 6.42 Å². The highest BCUT2D eigenvalue weighted by Crippen LogP contribution is 2.32. The van der Waals surface area contributed by atoms with Gasteiger partial charge in [0.25, 0.3) is 0 Å². The van der Waals surface area contributed by atoms with Gasteiger partial charge in [0.1, 0.15) is 0 Å². The van der Waals surface area contributed by atoms with Crippen LogP contribution in [-0.2, 0) is 4.79 Å². The summed E-state index contributed by atoms with van der Waals surface area (Å²) in [7, 11) is 0. The van der Waals surface area contributed by atoms with Crippen molar-refractivity contribution < 1.29 is 14.6 Å². The number of benzene rings is 1. The Balaban J connectivity index is 0.00000225. The van der Waals surface area contributed by atoms with Crippen molar-refractivity contribution in [1.82, 2.24) is 0 Å². The maximum atomic E-state index is 11.5. The Morgan fingerprint density at radius 2 is 2.19 bits per heavy atom. The number of ether oxygens (including phenoxy) is 1. The minimum atomic E-state index is -0.384. The van der Waals surface area contributed by atoms with Crippen LogP contribution in [0.2, 0.25) is 0 Å². The lowest BCUT2D eigenvalue weighted by Gasteiger charge is -2.11. The van der Waals surface area contributed by atoms with Gasteiger partial charge in [0.05, 0.1) is 11.6 Å². The molecule has 3 N–H and O–H groups in total. The van der Waals surface area contributed by atoms with Gasteiger partial charge in [-0.3, -0.25) is 4.79 Å². The van der Waals surface area contributed by atoms with Gasteiger partial charge in [-0.1, -0.05) is 19.9 Å². The standard InChI is InChI=1S/C11H15NO3.ClH/c1-3-7(2)11(14)15-10-8(12)5-4-6-9(10)13;/h4-7,13H,3,12H2,1-2H3;1H/t7-;/m0./s1. The molecule has 1 aromatic rings. The van der Waals surface area contributed by atoms with E-state index in [0.717, 1.165) is 0 Å². The monoisotopic (exact) mass is 245 g/mol. The van der Waals surface area contributed by atoms with Crippen molar-refractivity contribution in [2.45, 2.75) is 20.3 Å². The number of nitrogens with two attached hydrogens (primary N) is 1. The number of carbonyl (C=O) groups excluding carboxylic acids is 1. The van der Waals surface area contributed by atoms with Crippen molar-refractivity contribution >= 4 is 24.1 Å². The summed E-state index contributed by atoms with van der Waals surface area (Å²) < 4.78 is 5.01. The van der Waals surface area contributed by atoms with Gasteiger partial charge in [0.15, 0.2) is 11.5 Å². The molecule has 0 saturated heterocycles. The zero-order valence-electron chi connectivity index (χ0n) is 9.27. The quantitative estimate of drug-likeness (QED) is 0.487. The van der Waals surface area contributed by atoms with Crippen LogP contribution in [0.5, 0.6) is 11.5 Å². The maximum absolute atomic E-state index is 11.5. The van der Waals surface area contributed by atoms with Gasteiger partial charge in [0.2, 0.25) is 0 Å². The molecule has 0 heterocycles. The summed E-state index contributed by atoms with van der Waals surface area (Å²) in [6.45, 7) is 3.65. The summed E-state index contributed by atoms with van der Waals surface area (Å²) in [5.74, 6) is -0.663. The highest BCUT2D eigenvalue weighted by molar-refractivity contribution is 5.85. The minimum Gasteiger partial charge on any atom is -0.504 e. The lowest BCUT2D eigenvalue weighted by atomic mass is 10.1. The summed E-state index contributed by atoms with van der Waals surface area (Å²) >= 11 is 0. The number of aromatic hydroxyl groups is 1. The Hall–Kier alpha value is -1.42. The van der Waals surface area contributed by atoms with Crippen LogP contribution in [0.25, 0.3) is 0 Å². The molecule has 0 aliphatic heterocycles. The minimum absolute atomic E-state index is 0. The van der Waals surface area contributed by atoms with E-state index in [2.05, 4.69) is 0 Å². The molecular weight excluding hydrogens is 230 g/mol. The molecule has 0 aromatic heterocycles. The molecule has 0 fully saturated rings. The number of anilines is 1. The maximum Gasteiger partial charge on any atom is 0.314 e. The first-order valence-corrected chi connectivity index (χ1v) is 4.85. The van der Waals surface area contributed by atoms with Crippen molar-refractivity contribution in [3.05, 3.63) is 18.2 Å². The normalized spacial score (nSPS) is 11.4. The van der Waals surface area contributed by atoms with Gasteiger partial charge in [-0.15, -0.1) is 12.4 Å². The highest BCUT2D eigenvalue weighted by Gasteiger charge is 2.16. The Labute approximate surface area is 101 Å². The van der Waals surface area contributed by atoms with E-state index in [1.807, 2.05) is 6.92 Å².